The number of anilines is 1. The van der Waals surface area contributed by atoms with Crippen LogP contribution in [0.3, 0.4) is 0 Å². The van der Waals surface area contributed by atoms with E-state index in [1.807, 2.05) is 48.5 Å². The number of rotatable bonds is 6. The Morgan fingerprint density at radius 1 is 1.17 bits per heavy atom. The Hall–Kier alpha value is -3.35. The van der Waals surface area contributed by atoms with Gasteiger partial charge in [0, 0.05) is 19.5 Å². The second kappa shape index (κ2) is 7.95. The molecular weight excluding hydrogens is 368 g/mol. The Morgan fingerprint density at radius 3 is 2.76 bits per heavy atom. The van der Waals surface area contributed by atoms with Gasteiger partial charge in [-0.1, -0.05) is 24.3 Å². The molecule has 7 heteroatoms. The van der Waals surface area contributed by atoms with Gasteiger partial charge >= 0.3 is 0 Å². The minimum absolute atomic E-state index is 0.121. The van der Waals surface area contributed by atoms with Gasteiger partial charge < -0.3 is 19.5 Å². The number of ether oxygens (including phenoxy) is 1. The van der Waals surface area contributed by atoms with Gasteiger partial charge in [0.15, 0.2) is 6.10 Å². The van der Waals surface area contributed by atoms with Crippen molar-refractivity contribution in [2.75, 3.05) is 11.4 Å². The summed E-state index contributed by atoms with van der Waals surface area (Å²) < 4.78 is 7.73. The summed E-state index contributed by atoms with van der Waals surface area (Å²) in [7, 11) is 0. The van der Waals surface area contributed by atoms with Gasteiger partial charge in [-0.2, -0.15) is 0 Å². The molecule has 2 aromatic carbocycles. The number of carbonyl (C=O) groups is 2. The number of fused-ring (bicyclic) bond motifs is 2. The minimum Gasteiger partial charge on any atom is -0.479 e. The number of para-hydroxylation sites is 4. The SMILES string of the molecule is CCn1c(CNC(=O)CCN2C(=O)[C@@H](C)Oc3ccccc32)nc2ccccc21. The van der Waals surface area contributed by atoms with E-state index in [1.54, 1.807) is 11.8 Å². The Labute approximate surface area is 169 Å². The fourth-order valence-electron chi connectivity index (χ4n) is 3.68. The zero-order valence-corrected chi connectivity index (χ0v) is 16.6. The number of amides is 2. The van der Waals surface area contributed by atoms with Crippen LogP contribution < -0.4 is 15.0 Å². The summed E-state index contributed by atoms with van der Waals surface area (Å²) in [6, 6.07) is 15.3. The molecule has 0 unspecified atom stereocenters. The lowest BCUT2D eigenvalue weighted by Gasteiger charge is -2.32. The second-order valence-corrected chi connectivity index (χ2v) is 7.01. The average Bonchev–Trinajstić information content (AvgIpc) is 3.10. The third-order valence-electron chi connectivity index (χ3n) is 5.13. The van der Waals surface area contributed by atoms with Gasteiger partial charge in [0.05, 0.1) is 23.3 Å². The first-order chi connectivity index (χ1) is 14.1. The maximum absolute atomic E-state index is 12.5. The van der Waals surface area contributed by atoms with Crippen molar-refractivity contribution >= 4 is 28.5 Å². The highest BCUT2D eigenvalue weighted by atomic mass is 16.5. The molecule has 0 spiro atoms. The molecule has 0 fully saturated rings. The van der Waals surface area contributed by atoms with E-state index >= 15 is 0 Å². The summed E-state index contributed by atoms with van der Waals surface area (Å²) in [5.74, 6) is 1.23. The van der Waals surface area contributed by atoms with Crippen molar-refractivity contribution in [2.45, 2.75) is 39.5 Å². The summed E-state index contributed by atoms with van der Waals surface area (Å²) in [6.07, 6.45) is -0.350. The van der Waals surface area contributed by atoms with Gasteiger partial charge in [-0.3, -0.25) is 9.59 Å². The number of aromatic nitrogens is 2. The predicted octanol–water partition coefficient (Wildman–Crippen LogP) is 2.88. The van der Waals surface area contributed by atoms with Crippen molar-refractivity contribution in [3.63, 3.8) is 0 Å². The van der Waals surface area contributed by atoms with Crippen molar-refractivity contribution in [1.82, 2.24) is 14.9 Å². The third-order valence-corrected chi connectivity index (χ3v) is 5.13. The smallest absolute Gasteiger partial charge is 0.267 e. The van der Waals surface area contributed by atoms with Gasteiger partial charge in [0.1, 0.15) is 11.6 Å². The van der Waals surface area contributed by atoms with E-state index in [0.29, 0.717) is 24.5 Å². The quantitative estimate of drug-likeness (QED) is 0.700. The highest BCUT2D eigenvalue weighted by molar-refractivity contribution is 6.00. The lowest BCUT2D eigenvalue weighted by Crippen LogP contribution is -2.45. The van der Waals surface area contributed by atoms with E-state index in [1.165, 1.54) is 0 Å². The van der Waals surface area contributed by atoms with Crippen LogP contribution in [0.15, 0.2) is 48.5 Å². The summed E-state index contributed by atoms with van der Waals surface area (Å²) in [4.78, 5) is 31.2. The molecule has 150 valence electrons. The molecule has 1 atom stereocenters. The van der Waals surface area contributed by atoms with E-state index in [0.717, 1.165) is 23.4 Å². The van der Waals surface area contributed by atoms with Crippen LogP contribution >= 0.6 is 0 Å². The number of nitrogens with one attached hydrogen (secondary N) is 1. The van der Waals surface area contributed by atoms with Crippen LogP contribution in [0.4, 0.5) is 5.69 Å². The van der Waals surface area contributed by atoms with E-state index in [2.05, 4.69) is 21.8 Å². The normalized spacial score (nSPS) is 15.9. The number of hydrogen-bond donors (Lipinski definition) is 1. The molecule has 4 rings (SSSR count). The molecule has 0 saturated carbocycles. The molecule has 0 aliphatic carbocycles. The zero-order valence-electron chi connectivity index (χ0n) is 16.6. The summed E-state index contributed by atoms with van der Waals surface area (Å²) >= 11 is 0. The summed E-state index contributed by atoms with van der Waals surface area (Å²) in [5, 5.41) is 2.93. The Morgan fingerprint density at radius 2 is 1.93 bits per heavy atom. The maximum Gasteiger partial charge on any atom is 0.267 e. The molecule has 7 nitrogen and oxygen atoms in total. The molecule has 0 bridgehead atoms. The molecule has 0 saturated heterocycles. The van der Waals surface area contributed by atoms with Gasteiger partial charge in [-0.05, 0) is 38.1 Å². The first-order valence-corrected chi connectivity index (χ1v) is 9.86. The largest absolute Gasteiger partial charge is 0.479 e. The molecule has 3 aromatic rings. The van der Waals surface area contributed by atoms with Crippen LogP contribution in [0.25, 0.3) is 11.0 Å². The minimum atomic E-state index is -0.558. The highest BCUT2D eigenvalue weighted by Crippen LogP contribution is 2.33. The van der Waals surface area contributed by atoms with E-state index in [4.69, 9.17) is 4.74 Å². The highest BCUT2D eigenvalue weighted by Gasteiger charge is 2.31. The Bertz CT molecular complexity index is 1060. The molecular formula is C22H24N4O3. The molecule has 29 heavy (non-hydrogen) atoms. The third kappa shape index (κ3) is 3.68. The second-order valence-electron chi connectivity index (χ2n) is 7.01. The van der Waals surface area contributed by atoms with Gasteiger partial charge in [-0.25, -0.2) is 4.98 Å². The standard InChI is InChI=1S/C22H24N4O3/c1-3-25-17-9-5-4-8-16(17)24-20(25)14-23-21(27)12-13-26-18-10-6-7-11-19(18)29-15(2)22(26)28/h4-11,15H,3,12-14H2,1-2H3,(H,23,27)/t15-/m1/s1. The van der Waals surface area contributed by atoms with Crippen LogP contribution in [-0.4, -0.2) is 34.0 Å². The lowest BCUT2D eigenvalue weighted by atomic mass is 10.1. The summed E-state index contributed by atoms with van der Waals surface area (Å²) in [5.41, 5.74) is 2.68. The molecule has 1 aliphatic heterocycles. The number of carbonyl (C=O) groups excluding carboxylic acids is 2. The van der Waals surface area contributed by atoms with Gasteiger partial charge in [0.25, 0.3) is 5.91 Å². The summed E-state index contributed by atoms with van der Waals surface area (Å²) in [6.45, 7) is 5.22. The van der Waals surface area contributed by atoms with Crippen molar-refractivity contribution in [2.24, 2.45) is 0 Å². The van der Waals surface area contributed by atoms with E-state index in [-0.39, 0.29) is 18.2 Å². The van der Waals surface area contributed by atoms with Gasteiger partial charge in [-0.15, -0.1) is 0 Å². The monoisotopic (exact) mass is 392 g/mol. The molecule has 1 N–H and O–H groups in total. The number of benzene rings is 2. The number of aryl methyl sites for hydroxylation is 1. The molecule has 2 heterocycles. The van der Waals surface area contributed by atoms with E-state index < -0.39 is 6.10 Å². The molecule has 0 radical (unpaired) electrons. The number of hydrogen-bond acceptors (Lipinski definition) is 4. The molecule has 1 aliphatic rings. The Kier molecular flexibility index (Phi) is 5.20. The number of nitrogens with zero attached hydrogens (tertiary/aromatic N) is 3. The van der Waals surface area contributed by atoms with E-state index in [9.17, 15) is 9.59 Å². The van der Waals surface area contributed by atoms with Crippen molar-refractivity contribution in [1.29, 1.82) is 0 Å². The Balaban J connectivity index is 1.40. The van der Waals surface area contributed by atoms with Crippen LogP contribution in [0.1, 0.15) is 26.1 Å². The van der Waals surface area contributed by atoms with Crippen LogP contribution in [0.5, 0.6) is 5.75 Å². The predicted molar refractivity (Wildman–Crippen MR) is 111 cm³/mol. The maximum atomic E-state index is 12.5. The van der Waals surface area contributed by atoms with Gasteiger partial charge in [0.2, 0.25) is 5.91 Å². The van der Waals surface area contributed by atoms with Crippen LogP contribution in [-0.2, 0) is 22.7 Å². The number of imidazole rings is 1. The van der Waals surface area contributed by atoms with Crippen molar-refractivity contribution in [3.05, 3.63) is 54.4 Å². The molecule has 1 aromatic heterocycles. The fraction of sp³-hybridized carbons (Fsp3) is 0.318. The first-order valence-electron chi connectivity index (χ1n) is 9.86. The van der Waals surface area contributed by atoms with Crippen molar-refractivity contribution < 1.29 is 14.3 Å². The first kappa shape index (κ1) is 19.0. The van der Waals surface area contributed by atoms with Crippen LogP contribution in [0.2, 0.25) is 0 Å². The lowest BCUT2D eigenvalue weighted by molar-refractivity contribution is -0.125. The molecule has 2 amide bonds. The zero-order chi connectivity index (χ0) is 20.4. The van der Waals surface area contributed by atoms with Crippen LogP contribution in [0, 0.1) is 0 Å². The average molecular weight is 392 g/mol. The fourth-order valence-corrected chi connectivity index (χ4v) is 3.68. The van der Waals surface area contributed by atoms with Crippen molar-refractivity contribution in [3.8, 4) is 5.75 Å². The topological polar surface area (TPSA) is 76.5 Å².